The van der Waals surface area contributed by atoms with Gasteiger partial charge in [0.25, 0.3) is 0 Å². The maximum absolute atomic E-state index is 12.2. The van der Waals surface area contributed by atoms with Crippen molar-refractivity contribution in [3.8, 4) is 5.75 Å². The van der Waals surface area contributed by atoms with Gasteiger partial charge >= 0.3 is 18.2 Å². The number of aromatic hydroxyl groups is 1. The van der Waals surface area contributed by atoms with Crippen molar-refractivity contribution in [2.24, 2.45) is 0 Å². The number of halogens is 3. The number of alkyl halides is 3. The lowest BCUT2D eigenvalue weighted by Crippen LogP contribution is -2.45. The quantitative estimate of drug-likeness (QED) is 0.741. The van der Waals surface area contributed by atoms with Gasteiger partial charge in [0.1, 0.15) is 5.75 Å². The number of ether oxygens (including phenoxy) is 1. The summed E-state index contributed by atoms with van der Waals surface area (Å²) in [7, 11) is 0. The summed E-state index contributed by atoms with van der Waals surface area (Å²) in [6.45, 7) is -0.338. The summed E-state index contributed by atoms with van der Waals surface area (Å²) in [5, 5.41) is 14.0. The van der Waals surface area contributed by atoms with Crippen molar-refractivity contribution in [1.82, 2.24) is 10.6 Å². The van der Waals surface area contributed by atoms with Crippen LogP contribution in [0.25, 0.3) is 0 Å². The molecule has 0 bridgehead atoms. The molecule has 1 aromatic rings. The lowest BCUT2D eigenvalue weighted by Gasteiger charge is -2.28. The number of hydrogen-bond acceptors (Lipinski definition) is 4. The predicted octanol–water partition coefficient (Wildman–Crippen LogP) is 2.13. The van der Waals surface area contributed by atoms with Gasteiger partial charge in [-0.05, 0) is 24.6 Å². The van der Waals surface area contributed by atoms with E-state index in [2.05, 4.69) is 15.4 Å². The Morgan fingerprint density at radius 1 is 1.30 bits per heavy atom. The molecule has 2 rings (SSSR count). The van der Waals surface area contributed by atoms with Gasteiger partial charge in [0.05, 0.1) is 11.6 Å². The minimum absolute atomic E-state index is 0.0316. The van der Waals surface area contributed by atoms with Gasteiger partial charge in [0.2, 0.25) is 0 Å². The second kappa shape index (κ2) is 6.19. The van der Waals surface area contributed by atoms with Crippen LogP contribution >= 0.6 is 0 Å². The molecule has 23 heavy (non-hydrogen) atoms. The van der Waals surface area contributed by atoms with Crippen molar-refractivity contribution < 1.29 is 32.6 Å². The molecule has 0 spiro atoms. The molecule has 124 valence electrons. The fraction of sp³-hybridized carbons (Fsp3) is 0.286. The molecule has 0 radical (unpaired) electrons. The molecule has 1 heterocycles. The van der Waals surface area contributed by atoms with E-state index in [9.17, 15) is 27.9 Å². The summed E-state index contributed by atoms with van der Waals surface area (Å²) in [4.78, 5) is 23.6. The number of hydrogen-bond donors (Lipinski definition) is 3. The number of nitrogens with one attached hydrogen (secondary N) is 2. The normalized spacial score (nSPS) is 18.3. The van der Waals surface area contributed by atoms with Gasteiger partial charge in [-0.1, -0.05) is 12.1 Å². The van der Waals surface area contributed by atoms with Gasteiger partial charge in [-0.15, -0.1) is 0 Å². The highest BCUT2D eigenvalue weighted by molar-refractivity contribution is 5.95. The van der Waals surface area contributed by atoms with Crippen LogP contribution < -0.4 is 10.6 Å². The molecule has 3 N–H and O–H groups in total. The highest BCUT2D eigenvalue weighted by Crippen LogP contribution is 2.29. The Labute approximate surface area is 128 Å². The molecular formula is C14H13F3N2O4. The highest BCUT2D eigenvalue weighted by atomic mass is 19.4. The summed E-state index contributed by atoms with van der Waals surface area (Å²) in [5.41, 5.74) is 0.370. The lowest BCUT2D eigenvalue weighted by atomic mass is 9.95. The van der Waals surface area contributed by atoms with E-state index >= 15 is 0 Å². The molecule has 1 aliphatic heterocycles. The number of amides is 2. The van der Waals surface area contributed by atoms with Crippen LogP contribution in [0, 0.1) is 0 Å². The van der Waals surface area contributed by atoms with Crippen LogP contribution in [0.4, 0.5) is 18.0 Å². The monoisotopic (exact) mass is 330 g/mol. The maximum atomic E-state index is 12.2. The topological polar surface area (TPSA) is 87.7 Å². The zero-order chi connectivity index (χ0) is 17.2. The van der Waals surface area contributed by atoms with Crippen LogP contribution in [0.3, 0.4) is 0 Å². The molecular weight excluding hydrogens is 317 g/mol. The number of phenols is 1. The van der Waals surface area contributed by atoms with Gasteiger partial charge < -0.3 is 20.5 Å². The SMILES string of the molecule is CC1=C(C(=O)OCC(F)(F)F)C(c2ccc(O)cc2)NC(=O)N1. The molecule has 1 atom stereocenters. The van der Waals surface area contributed by atoms with Crippen molar-refractivity contribution in [2.45, 2.75) is 19.1 Å². The van der Waals surface area contributed by atoms with E-state index in [0.29, 0.717) is 5.56 Å². The summed E-state index contributed by atoms with van der Waals surface area (Å²) in [6, 6.07) is 3.96. The number of carbonyl (C=O) groups excluding carboxylic acids is 2. The van der Waals surface area contributed by atoms with E-state index in [1.165, 1.54) is 31.2 Å². The Hall–Kier alpha value is -2.71. The summed E-state index contributed by atoms with van der Waals surface area (Å²) in [5.74, 6) is -1.22. The average Bonchev–Trinajstić information content (AvgIpc) is 2.44. The molecule has 1 aromatic carbocycles. The lowest BCUT2D eigenvalue weighted by molar-refractivity contribution is -0.183. The molecule has 1 aliphatic rings. The molecule has 0 aromatic heterocycles. The van der Waals surface area contributed by atoms with Crippen LogP contribution in [0.5, 0.6) is 5.75 Å². The second-order valence-electron chi connectivity index (χ2n) is 4.85. The molecule has 0 saturated carbocycles. The first kappa shape index (κ1) is 16.7. The average molecular weight is 330 g/mol. The summed E-state index contributed by atoms with van der Waals surface area (Å²) in [6.07, 6.45) is -4.65. The zero-order valence-corrected chi connectivity index (χ0v) is 11.9. The number of carbonyl (C=O) groups is 2. The number of phenolic OH excluding ortho intramolecular Hbond substituents is 1. The van der Waals surface area contributed by atoms with Crippen molar-refractivity contribution in [1.29, 1.82) is 0 Å². The third-order valence-electron chi connectivity index (χ3n) is 3.08. The van der Waals surface area contributed by atoms with Crippen molar-refractivity contribution in [3.63, 3.8) is 0 Å². The fourth-order valence-corrected chi connectivity index (χ4v) is 2.11. The number of urea groups is 1. The Morgan fingerprint density at radius 2 is 1.91 bits per heavy atom. The van der Waals surface area contributed by atoms with Crippen LogP contribution in [-0.2, 0) is 9.53 Å². The van der Waals surface area contributed by atoms with Crippen LogP contribution in [0.2, 0.25) is 0 Å². The van der Waals surface area contributed by atoms with E-state index in [-0.39, 0.29) is 17.0 Å². The van der Waals surface area contributed by atoms with Crippen LogP contribution in [0.1, 0.15) is 18.5 Å². The maximum Gasteiger partial charge on any atom is 0.422 e. The first-order valence-corrected chi connectivity index (χ1v) is 6.48. The molecule has 2 amide bonds. The molecule has 0 saturated heterocycles. The van der Waals surface area contributed by atoms with Gasteiger partial charge in [-0.25, -0.2) is 9.59 Å². The Bertz CT molecular complexity index is 653. The van der Waals surface area contributed by atoms with Gasteiger partial charge in [0.15, 0.2) is 6.61 Å². The second-order valence-corrected chi connectivity index (χ2v) is 4.85. The largest absolute Gasteiger partial charge is 0.508 e. The van der Waals surface area contributed by atoms with E-state index in [0.717, 1.165) is 0 Å². The smallest absolute Gasteiger partial charge is 0.422 e. The third kappa shape index (κ3) is 4.15. The van der Waals surface area contributed by atoms with Gasteiger partial charge in [-0.3, -0.25) is 0 Å². The highest BCUT2D eigenvalue weighted by Gasteiger charge is 2.35. The minimum atomic E-state index is -4.65. The van der Waals surface area contributed by atoms with Crippen molar-refractivity contribution in [3.05, 3.63) is 41.1 Å². The number of allylic oxidation sites excluding steroid dienone is 1. The van der Waals surface area contributed by atoms with Crippen molar-refractivity contribution >= 4 is 12.0 Å². The predicted molar refractivity (Wildman–Crippen MR) is 72.2 cm³/mol. The van der Waals surface area contributed by atoms with E-state index < -0.39 is 30.8 Å². The number of benzene rings is 1. The molecule has 9 heteroatoms. The summed E-state index contributed by atoms with van der Waals surface area (Å²) < 4.78 is 40.9. The van der Waals surface area contributed by atoms with E-state index in [1.807, 2.05) is 0 Å². The van der Waals surface area contributed by atoms with E-state index in [4.69, 9.17) is 0 Å². The Morgan fingerprint density at radius 3 is 2.48 bits per heavy atom. The summed E-state index contributed by atoms with van der Waals surface area (Å²) >= 11 is 0. The molecule has 1 unspecified atom stereocenters. The Balaban J connectivity index is 2.31. The zero-order valence-electron chi connectivity index (χ0n) is 11.9. The van der Waals surface area contributed by atoms with Crippen LogP contribution in [-0.4, -0.2) is 29.9 Å². The first-order valence-electron chi connectivity index (χ1n) is 6.48. The standard InChI is InChI=1S/C14H13F3N2O4/c1-7-10(12(21)23-6-14(15,16)17)11(19-13(22)18-7)8-2-4-9(20)5-3-8/h2-5,11,20H,6H2,1H3,(H2,18,19,22). The van der Waals surface area contributed by atoms with Crippen LogP contribution in [0.15, 0.2) is 35.5 Å². The fourth-order valence-electron chi connectivity index (χ4n) is 2.11. The molecule has 6 nitrogen and oxygen atoms in total. The van der Waals surface area contributed by atoms with Gasteiger partial charge in [0, 0.05) is 5.70 Å². The van der Waals surface area contributed by atoms with E-state index in [1.54, 1.807) is 0 Å². The molecule has 0 fully saturated rings. The molecule has 0 aliphatic carbocycles. The number of esters is 1. The third-order valence-corrected chi connectivity index (χ3v) is 3.08. The van der Waals surface area contributed by atoms with Gasteiger partial charge in [-0.2, -0.15) is 13.2 Å². The minimum Gasteiger partial charge on any atom is -0.508 e. The first-order chi connectivity index (χ1) is 10.7. The Kier molecular flexibility index (Phi) is 4.48. The number of rotatable bonds is 3. The van der Waals surface area contributed by atoms with Crippen molar-refractivity contribution in [2.75, 3.05) is 6.61 Å².